The third-order valence-corrected chi connectivity index (χ3v) is 6.03. The first-order valence-electron chi connectivity index (χ1n) is 11.0. The second-order valence-electron chi connectivity index (χ2n) is 8.44. The highest BCUT2D eigenvalue weighted by atomic mass is 16.6. The first-order valence-corrected chi connectivity index (χ1v) is 11.0. The predicted octanol–water partition coefficient (Wildman–Crippen LogP) is 2.10. The van der Waals surface area contributed by atoms with Crippen molar-refractivity contribution in [2.24, 2.45) is 0 Å². The summed E-state index contributed by atoms with van der Waals surface area (Å²) >= 11 is 0. The number of anilines is 2. The van der Waals surface area contributed by atoms with E-state index < -0.39 is 9.85 Å². The van der Waals surface area contributed by atoms with Crippen LogP contribution in [-0.2, 0) is 0 Å². The summed E-state index contributed by atoms with van der Waals surface area (Å²) < 4.78 is 0. The number of phenols is 2. The van der Waals surface area contributed by atoms with Crippen molar-refractivity contribution in [1.29, 1.82) is 0 Å². The number of phenolic OH excluding ortho intramolecular Hbond substituents is 2. The smallest absolute Gasteiger partial charge is 0.271 e. The van der Waals surface area contributed by atoms with Crippen LogP contribution in [0.3, 0.4) is 0 Å². The van der Waals surface area contributed by atoms with Crippen molar-refractivity contribution in [2.45, 2.75) is 0 Å². The third kappa shape index (κ3) is 6.23. The van der Waals surface area contributed by atoms with Gasteiger partial charge in [-0.25, -0.2) is 0 Å². The monoisotopic (exact) mass is 474 g/mol. The van der Waals surface area contributed by atoms with Crippen LogP contribution in [-0.4, -0.2) is 96.3 Å². The van der Waals surface area contributed by atoms with Crippen LogP contribution in [0.2, 0.25) is 0 Å². The van der Waals surface area contributed by atoms with E-state index in [9.17, 15) is 30.4 Å². The lowest BCUT2D eigenvalue weighted by molar-refractivity contribution is -0.385. The van der Waals surface area contributed by atoms with Crippen molar-refractivity contribution in [3.05, 3.63) is 56.6 Å². The summed E-state index contributed by atoms with van der Waals surface area (Å²) in [5, 5.41) is 43.2. The lowest BCUT2D eigenvalue weighted by Gasteiger charge is -2.34. The van der Waals surface area contributed by atoms with E-state index in [0.717, 1.165) is 0 Å². The zero-order chi connectivity index (χ0) is 24.8. The van der Waals surface area contributed by atoms with Crippen molar-refractivity contribution in [3.63, 3.8) is 0 Å². The van der Waals surface area contributed by atoms with E-state index in [1.807, 2.05) is 23.9 Å². The molecule has 0 atom stereocenters. The number of rotatable bonds is 4. The number of nitro groups is 2. The molecular formula is C22H30N6O6. The van der Waals surface area contributed by atoms with Gasteiger partial charge in [0.05, 0.1) is 21.2 Å². The molecule has 0 radical (unpaired) electrons. The SMILES string of the molecule is CN1CCN(c2cc([N+](=O)[O-])ccc2O)CCN(C)CCN(c2cc([N+](=O)[O-])ccc2O)CC1. The minimum Gasteiger partial charge on any atom is -0.506 e. The van der Waals surface area contributed by atoms with Gasteiger partial charge < -0.3 is 29.8 Å². The molecule has 1 aliphatic heterocycles. The van der Waals surface area contributed by atoms with Crippen LogP contribution in [0.4, 0.5) is 22.7 Å². The first kappa shape index (κ1) is 25.0. The normalized spacial score (nSPS) is 17.1. The molecule has 0 amide bonds. The van der Waals surface area contributed by atoms with Crippen LogP contribution in [0, 0.1) is 20.2 Å². The second-order valence-corrected chi connectivity index (χ2v) is 8.44. The fraction of sp³-hybridized carbons (Fsp3) is 0.455. The van der Waals surface area contributed by atoms with Crippen LogP contribution in [0.1, 0.15) is 0 Å². The lowest BCUT2D eigenvalue weighted by Crippen LogP contribution is -2.44. The Kier molecular flexibility index (Phi) is 8.08. The van der Waals surface area contributed by atoms with Gasteiger partial charge in [-0.3, -0.25) is 20.2 Å². The highest BCUT2D eigenvalue weighted by Gasteiger charge is 2.20. The topological polar surface area (TPSA) is 140 Å². The number of hydrogen-bond donors (Lipinski definition) is 2. The van der Waals surface area contributed by atoms with Gasteiger partial charge in [0.15, 0.2) is 0 Å². The largest absolute Gasteiger partial charge is 0.506 e. The standard InChI is InChI=1S/C22H30N6O6/c1-23-7-11-25(19-15-17(27(31)32)3-5-21(19)29)13-9-24(2)10-14-26(12-8-23)20-16-18(28(33)34)4-6-22(20)30/h3-6,15-16,29-30H,7-14H2,1-2H3. The summed E-state index contributed by atoms with van der Waals surface area (Å²) in [5.74, 6) is -0.00866. The van der Waals surface area contributed by atoms with Gasteiger partial charge in [0.25, 0.3) is 11.4 Å². The van der Waals surface area contributed by atoms with E-state index in [4.69, 9.17) is 0 Å². The number of nitro benzene ring substituents is 2. The molecule has 34 heavy (non-hydrogen) atoms. The molecule has 184 valence electrons. The van der Waals surface area contributed by atoms with Gasteiger partial charge in [0.1, 0.15) is 11.5 Å². The van der Waals surface area contributed by atoms with Gasteiger partial charge >= 0.3 is 0 Å². The number of non-ortho nitro benzene ring substituents is 2. The quantitative estimate of drug-likeness (QED) is 0.500. The van der Waals surface area contributed by atoms with Gasteiger partial charge in [0, 0.05) is 76.6 Å². The summed E-state index contributed by atoms with van der Waals surface area (Å²) in [6.07, 6.45) is 0. The van der Waals surface area contributed by atoms with Gasteiger partial charge in [-0.1, -0.05) is 0 Å². The van der Waals surface area contributed by atoms with E-state index in [2.05, 4.69) is 9.80 Å². The van der Waals surface area contributed by atoms with Crippen molar-refractivity contribution >= 4 is 22.7 Å². The van der Waals surface area contributed by atoms with Crippen molar-refractivity contribution < 1.29 is 20.1 Å². The van der Waals surface area contributed by atoms with E-state index in [-0.39, 0.29) is 22.9 Å². The molecule has 2 aromatic carbocycles. The van der Waals surface area contributed by atoms with E-state index >= 15 is 0 Å². The van der Waals surface area contributed by atoms with Crippen molar-refractivity contribution in [3.8, 4) is 11.5 Å². The molecule has 12 heteroatoms. The summed E-state index contributed by atoms with van der Waals surface area (Å²) in [6, 6.07) is 8.06. The summed E-state index contributed by atoms with van der Waals surface area (Å²) in [5.41, 5.74) is 0.702. The van der Waals surface area contributed by atoms with E-state index in [1.165, 1.54) is 36.4 Å². The summed E-state index contributed by atoms with van der Waals surface area (Å²) in [6.45, 7) is 4.67. The van der Waals surface area contributed by atoms with Crippen LogP contribution >= 0.6 is 0 Å². The Morgan fingerprint density at radius 2 is 0.971 bits per heavy atom. The predicted molar refractivity (Wildman–Crippen MR) is 129 cm³/mol. The maximum Gasteiger partial charge on any atom is 0.271 e. The third-order valence-electron chi connectivity index (χ3n) is 6.03. The van der Waals surface area contributed by atoms with Gasteiger partial charge in [0.2, 0.25) is 0 Å². The minimum absolute atomic E-state index is 0.00433. The molecule has 0 aromatic heterocycles. The number of aromatic hydroxyl groups is 2. The Hall–Kier alpha value is -3.64. The average molecular weight is 475 g/mol. The Labute approximate surface area is 197 Å². The highest BCUT2D eigenvalue weighted by Crippen LogP contribution is 2.32. The van der Waals surface area contributed by atoms with Crippen molar-refractivity contribution in [1.82, 2.24) is 9.80 Å². The zero-order valence-electron chi connectivity index (χ0n) is 19.3. The maximum absolute atomic E-state index is 11.2. The minimum atomic E-state index is -0.477. The molecular weight excluding hydrogens is 444 g/mol. The molecule has 2 N–H and O–H groups in total. The van der Waals surface area contributed by atoms with E-state index in [1.54, 1.807) is 0 Å². The number of benzene rings is 2. The zero-order valence-corrected chi connectivity index (χ0v) is 19.3. The molecule has 1 aliphatic rings. The molecule has 12 nitrogen and oxygen atoms in total. The Balaban J connectivity index is 1.79. The Bertz CT molecular complexity index is 937. The highest BCUT2D eigenvalue weighted by molar-refractivity contribution is 5.63. The number of hydrogen-bond acceptors (Lipinski definition) is 10. The molecule has 0 aliphatic carbocycles. The van der Waals surface area contributed by atoms with Gasteiger partial charge in [-0.15, -0.1) is 0 Å². The maximum atomic E-state index is 11.2. The number of likely N-dealkylation sites (N-methyl/N-ethyl adjacent to an activating group) is 2. The first-order chi connectivity index (χ1) is 16.2. The lowest BCUT2D eigenvalue weighted by atomic mass is 10.2. The van der Waals surface area contributed by atoms with Crippen LogP contribution in [0.15, 0.2) is 36.4 Å². The summed E-state index contributed by atoms with van der Waals surface area (Å²) in [7, 11) is 3.88. The molecule has 2 aromatic rings. The van der Waals surface area contributed by atoms with Crippen LogP contribution in [0.5, 0.6) is 11.5 Å². The average Bonchev–Trinajstić information content (AvgIpc) is 2.79. The van der Waals surface area contributed by atoms with Gasteiger partial charge in [-0.05, 0) is 26.2 Å². The summed E-state index contributed by atoms with van der Waals surface area (Å²) in [4.78, 5) is 29.5. The fourth-order valence-electron chi connectivity index (χ4n) is 3.85. The van der Waals surface area contributed by atoms with Crippen LogP contribution < -0.4 is 9.80 Å². The Morgan fingerprint density at radius 3 is 1.26 bits per heavy atom. The molecule has 0 saturated carbocycles. The van der Waals surface area contributed by atoms with Crippen LogP contribution in [0.25, 0.3) is 0 Å². The molecule has 1 saturated heterocycles. The van der Waals surface area contributed by atoms with Gasteiger partial charge in [-0.2, -0.15) is 0 Å². The number of nitrogens with zero attached hydrogens (tertiary/aromatic N) is 6. The Morgan fingerprint density at radius 1 is 0.647 bits per heavy atom. The molecule has 1 fully saturated rings. The fourth-order valence-corrected chi connectivity index (χ4v) is 3.85. The van der Waals surface area contributed by atoms with Crippen molar-refractivity contribution in [2.75, 3.05) is 76.3 Å². The molecule has 0 spiro atoms. The molecule has 0 unspecified atom stereocenters. The molecule has 0 bridgehead atoms. The molecule has 1 heterocycles. The van der Waals surface area contributed by atoms with E-state index in [0.29, 0.717) is 63.7 Å². The molecule has 3 rings (SSSR count). The second kappa shape index (κ2) is 11.0.